The van der Waals surface area contributed by atoms with Crippen molar-refractivity contribution in [3.05, 3.63) is 0 Å². The molecule has 1 N–H and O–H groups in total. The fraction of sp³-hybridized carbons (Fsp3) is 1.00. The first-order valence-electron chi connectivity index (χ1n) is 5.31. The number of piperidine rings is 1. The molecule has 2 fully saturated rings. The quantitative estimate of drug-likeness (QED) is 0.697. The van der Waals surface area contributed by atoms with Crippen molar-refractivity contribution >= 4 is 12.4 Å². The van der Waals surface area contributed by atoms with Crippen LogP contribution in [0.15, 0.2) is 0 Å². The number of hydrogen-bond acceptors (Lipinski definition) is 2. The SMILES string of the molecule is CC1CCCN(C2CCNC2)C1.Cl. The van der Waals surface area contributed by atoms with Gasteiger partial charge in [-0.1, -0.05) is 6.92 Å². The summed E-state index contributed by atoms with van der Waals surface area (Å²) in [5.74, 6) is 0.930. The summed E-state index contributed by atoms with van der Waals surface area (Å²) in [7, 11) is 0. The zero-order chi connectivity index (χ0) is 8.39. The molecule has 2 heterocycles. The molecule has 3 heteroatoms. The van der Waals surface area contributed by atoms with Crippen LogP contribution in [-0.4, -0.2) is 37.1 Å². The van der Waals surface area contributed by atoms with Crippen molar-refractivity contribution in [1.29, 1.82) is 0 Å². The monoisotopic (exact) mass is 204 g/mol. The number of nitrogens with zero attached hydrogens (tertiary/aromatic N) is 1. The lowest BCUT2D eigenvalue weighted by Crippen LogP contribution is -2.43. The van der Waals surface area contributed by atoms with Crippen LogP contribution in [0.3, 0.4) is 0 Å². The van der Waals surface area contributed by atoms with Gasteiger partial charge in [0.2, 0.25) is 0 Å². The lowest BCUT2D eigenvalue weighted by Gasteiger charge is -2.35. The fourth-order valence-corrected chi connectivity index (χ4v) is 2.51. The van der Waals surface area contributed by atoms with Crippen LogP contribution in [0.5, 0.6) is 0 Å². The number of rotatable bonds is 1. The van der Waals surface area contributed by atoms with Gasteiger partial charge in [-0.25, -0.2) is 0 Å². The smallest absolute Gasteiger partial charge is 0.0232 e. The van der Waals surface area contributed by atoms with Crippen LogP contribution >= 0.6 is 12.4 Å². The standard InChI is InChI=1S/C10H20N2.ClH/c1-9-3-2-6-12(8-9)10-4-5-11-7-10;/h9-11H,2-8H2,1H3;1H. The van der Waals surface area contributed by atoms with Crippen LogP contribution in [0.25, 0.3) is 0 Å². The summed E-state index contributed by atoms with van der Waals surface area (Å²) in [5, 5.41) is 3.44. The van der Waals surface area contributed by atoms with Gasteiger partial charge in [0.15, 0.2) is 0 Å². The molecular formula is C10H21ClN2. The van der Waals surface area contributed by atoms with Gasteiger partial charge in [-0.15, -0.1) is 12.4 Å². The van der Waals surface area contributed by atoms with Crippen molar-refractivity contribution in [2.24, 2.45) is 5.92 Å². The van der Waals surface area contributed by atoms with E-state index in [2.05, 4.69) is 17.1 Å². The van der Waals surface area contributed by atoms with Crippen molar-refractivity contribution in [2.75, 3.05) is 26.2 Å². The summed E-state index contributed by atoms with van der Waals surface area (Å²) in [6, 6.07) is 0.854. The molecule has 0 aromatic rings. The van der Waals surface area contributed by atoms with Crippen molar-refractivity contribution < 1.29 is 0 Å². The third-order valence-electron chi connectivity index (χ3n) is 3.24. The largest absolute Gasteiger partial charge is 0.315 e. The Balaban J connectivity index is 0.000000845. The summed E-state index contributed by atoms with van der Waals surface area (Å²) < 4.78 is 0. The molecule has 13 heavy (non-hydrogen) atoms. The Labute approximate surface area is 87.5 Å². The van der Waals surface area contributed by atoms with E-state index in [1.165, 1.54) is 45.4 Å². The highest BCUT2D eigenvalue weighted by molar-refractivity contribution is 5.85. The molecule has 2 aliphatic heterocycles. The van der Waals surface area contributed by atoms with Crippen LogP contribution in [0.1, 0.15) is 26.2 Å². The Morgan fingerprint density at radius 1 is 1.31 bits per heavy atom. The zero-order valence-corrected chi connectivity index (χ0v) is 9.28. The molecule has 2 aliphatic rings. The van der Waals surface area contributed by atoms with Gasteiger partial charge < -0.3 is 5.32 Å². The molecule has 0 saturated carbocycles. The van der Waals surface area contributed by atoms with Crippen LogP contribution in [0, 0.1) is 5.92 Å². The fourth-order valence-electron chi connectivity index (χ4n) is 2.51. The molecule has 0 bridgehead atoms. The molecule has 0 radical (unpaired) electrons. The second-order valence-electron chi connectivity index (χ2n) is 4.39. The van der Waals surface area contributed by atoms with E-state index in [0.717, 1.165) is 12.0 Å². The maximum atomic E-state index is 3.44. The molecule has 0 spiro atoms. The first kappa shape index (κ1) is 11.3. The molecule has 0 aliphatic carbocycles. The summed E-state index contributed by atoms with van der Waals surface area (Å²) in [6.07, 6.45) is 4.22. The van der Waals surface area contributed by atoms with Crippen molar-refractivity contribution in [2.45, 2.75) is 32.2 Å². The van der Waals surface area contributed by atoms with E-state index >= 15 is 0 Å². The van der Waals surface area contributed by atoms with E-state index in [-0.39, 0.29) is 12.4 Å². The van der Waals surface area contributed by atoms with Gasteiger partial charge in [0.1, 0.15) is 0 Å². The molecule has 2 saturated heterocycles. The van der Waals surface area contributed by atoms with Gasteiger partial charge in [-0.05, 0) is 38.3 Å². The summed E-state index contributed by atoms with van der Waals surface area (Å²) in [6.45, 7) is 7.53. The predicted molar refractivity (Wildman–Crippen MR) is 58.5 cm³/mol. The van der Waals surface area contributed by atoms with E-state index in [4.69, 9.17) is 0 Å². The molecular weight excluding hydrogens is 184 g/mol. The van der Waals surface area contributed by atoms with Gasteiger partial charge >= 0.3 is 0 Å². The minimum absolute atomic E-state index is 0. The van der Waals surface area contributed by atoms with Crippen LogP contribution in [0.4, 0.5) is 0 Å². The zero-order valence-electron chi connectivity index (χ0n) is 8.46. The molecule has 2 rings (SSSR count). The molecule has 2 atom stereocenters. The maximum Gasteiger partial charge on any atom is 0.0232 e. The van der Waals surface area contributed by atoms with Crippen LogP contribution in [0.2, 0.25) is 0 Å². The number of likely N-dealkylation sites (tertiary alicyclic amines) is 1. The number of nitrogens with one attached hydrogen (secondary N) is 1. The first-order chi connectivity index (χ1) is 5.86. The Morgan fingerprint density at radius 2 is 2.15 bits per heavy atom. The molecule has 2 nitrogen and oxygen atoms in total. The van der Waals surface area contributed by atoms with Crippen molar-refractivity contribution in [3.63, 3.8) is 0 Å². The number of hydrogen-bond donors (Lipinski definition) is 1. The van der Waals surface area contributed by atoms with E-state index in [1.807, 2.05) is 0 Å². The molecule has 78 valence electrons. The van der Waals surface area contributed by atoms with Gasteiger partial charge in [0.25, 0.3) is 0 Å². The van der Waals surface area contributed by atoms with Crippen molar-refractivity contribution in [3.8, 4) is 0 Å². The molecule has 0 amide bonds. The molecule has 2 unspecified atom stereocenters. The van der Waals surface area contributed by atoms with Gasteiger partial charge in [0.05, 0.1) is 0 Å². The van der Waals surface area contributed by atoms with Crippen molar-refractivity contribution in [1.82, 2.24) is 10.2 Å². The Morgan fingerprint density at radius 3 is 2.77 bits per heavy atom. The summed E-state index contributed by atoms with van der Waals surface area (Å²) >= 11 is 0. The van der Waals surface area contributed by atoms with E-state index < -0.39 is 0 Å². The van der Waals surface area contributed by atoms with Gasteiger partial charge in [0, 0.05) is 19.1 Å². The molecule has 0 aromatic carbocycles. The van der Waals surface area contributed by atoms with E-state index in [9.17, 15) is 0 Å². The second kappa shape index (κ2) is 5.18. The maximum absolute atomic E-state index is 3.44. The third kappa shape index (κ3) is 2.83. The average Bonchev–Trinajstić information content (AvgIpc) is 2.56. The first-order valence-corrected chi connectivity index (χ1v) is 5.31. The lowest BCUT2D eigenvalue weighted by molar-refractivity contribution is 0.138. The van der Waals surface area contributed by atoms with Gasteiger partial charge in [-0.2, -0.15) is 0 Å². The highest BCUT2D eigenvalue weighted by atomic mass is 35.5. The van der Waals surface area contributed by atoms with Gasteiger partial charge in [-0.3, -0.25) is 4.90 Å². The van der Waals surface area contributed by atoms with Crippen LogP contribution in [-0.2, 0) is 0 Å². The normalized spacial score (nSPS) is 35.8. The Hall–Kier alpha value is 0.210. The lowest BCUT2D eigenvalue weighted by atomic mass is 9.98. The Bertz CT molecular complexity index is 146. The second-order valence-corrected chi connectivity index (χ2v) is 4.39. The minimum atomic E-state index is 0. The predicted octanol–water partition coefficient (Wildman–Crippen LogP) is 1.50. The van der Waals surface area contributed by atoms with E-state index in [1.54, 1.807) is 0 Å². The van der Waals surface area contributed by atoms with E-state index in [0.29, 0.717) is 0 Å². The summed E-state index contributed by atoms with van der Waals surface area (Å²) in [5.41, 5.74) is 0. The Kier molecular flexibility index (Phi) is 4.50. The topological polar surface area (TPSA) is 15.3 Å². The highest BCUT2D eigenvalue weighted by Crippen LogP contribution is 2.19. The highest BCUT2D eigenvalue weighted by Gasteiger charge is 2.25. The minimum Gasteiger partial charge on any atom is -0.315 e. The average molecular weight is 205 g/mol. The summed E-state index contributed by atoms with van der Waals surface area (Å²) in [4.78, 5) is 2.69. The molecule has 0 aromatic heterocycles. The third-order valence-corrected chi connectivity index (χ3v) is 3.24. The number of halogens is 1. The van der Waals surface area contributed by atoms with Crippen LogP contribution < -0.4 is 5.32 Å².